The average molecular weight is 255 g/mol. The largest absolute Gasteiger partial charge is 0.398 e. The number of nitrogen functional groups attached to an aromatic ring is 1. The van der Waals surface area contributed by atoms with Crippen molar-refractivity contribution in [2.75, 3.05) is 22.6 Å². The van der Waals surface area contributed by atoms with Crippen molar-refractivity contribution in [2.24, 2.45) is 0 Å². The van der Waals surface area contributed by atoms with Crippen molar-refractivity contribution in [3.05, 3.63) is 17.8 Å². The minimum absolute atomic E-state index is 0.174. The number of nitrogens with two attached hydrogens (primary N) is 1. The highest BCUT2D eigenvalue weighted by Gasteiger charge is 2.23. The lowest BCUT2D eigenvalue weighted by Crippen LogP contribution is -2.32. The summed E-state index contributed by atoms with van der Waals surface area (Å²) in [5, 5.41) is 3.23. The van der Waals surface area contributed by atoms with Gasteiger partial charge < -0.3 is 11.1 Å². The zero-order valence-electron chi connectivity index (χ0n) is 9.81. The molecule has 0 radical (unpaired) electrons. The second-order valence-electron chi connectivity index (χ2n) is 4.50. The minimum atomic E-state index is -2.81. The molecule has 94 valence electrons. The molecule has 5 nitrogen and oxygen atoms in total. The van der Waals surface area contributed by atoms with Crippen molar-refractivity contribution in [1.82, 2.24) is 4.98 Å². The fraction of sp³-hybridized carbons (Fsp3) is 0.545. The molecule has 1 saturated heterocycles. The number of nitrogens with one attached hydrogen (secondary N) is 1. The monoisotopic (exact) mass is 255 g/mol. The topological polar surface area (TPSA) is 85.1 Å². The molecular formula is C11H17N3O2S. The van der Waals surface area contributed by atoms with Crippen LogP contribution in [0.5, 0.6) is 0 Å². The van der Waals surface area contributed by atoms with Crippen molar-refractivity contribution >= 4 is 21.3 Å². The van der Waals surface area contributed by atoms with Gasteiger partial charge in [-0.3, -0.25) is 0 Å². The van der Waals surface area contributed by atoms with Gasteiger partial charge in [-0.05, 0) is 25.3 Å². The highest BCUT2D eigenvalue weighted by atomic mass is 32.2. The lowest BCUT2D eigenvalue weighted by molar-refractivity contribution is 0.559. The third-order valence-electron chi connectivity index (χ3n) is 3.05. The van der Waals surface area contributed by atoms with E-state index in [-0.39, 0.29) is 17.5 Å². The van der Waals surface area contributed by atoms with Gasteiger partial charge in [-0.25, -0.2) is 13.4 Å². The summed E-state index contributed by atoms with van der Waals surface area (Å²) in [5.74, 6) is 1.23. The molecule has 1 aromatic heterocycles. The molecule has 0 atom stereocenters. The van der Waals surface area contributed by atoms with Gasteiger partial charge in [-0.2, -0.15) is 0 Å². The second-order valence-corrected chi connectivity index (χ2v) is 6.80. The Balaban J connectivity index is 2.00. The van der Waals surface area contributed by atoms with Gasteiger partial charge in [0.1, 0.15) is 15.7 Å². The maximum Gasteiger partial charge on any atom is 0.150 e. The fourth-order valence-electron chi connectivity index (χ4n) is 1.86. The Morgan fingerprint density at radius 1 is 1.41 bits per heavy atom. The molecule has 0 spiro atoms. The summed E-state index contributed by atoms with van der Waals surface area (Å²) in [6, 6.07) is 1.96. The van der Waals surface area contributed by atoms with Crippen LogP contribution in [0.3, 0.4) is 0 Å². The van der Waals surface area contributed by atoms with E-state index in [4.69, 9.17) is 5.73 Å². The maximum absolute atomic E-state index is 11.3. The van der Waals surface area contributed by atoms with E-state index in [9.17, 15) is 8.42 Å². The van der Waals surface area contributed by atoms with E-state index in [0.29, 0.717) is 18.5 Å². The molecule has 0 aromatic carbocycles. The normalized spacial score (nSPS) is 20.1. The predicted octanol–water partition coefficient (Wildman–Crippen LogP) is 0.961. The Morgan fingerprint density at radius 2 is 2.06 bits per heavy atom. The van der Waals surface area contributed by atoms with E-state index < -0.39 is 9.84 Å². The zero-order chi connectivity index (χ0) is 12.5. The highest BCUT2D eigenvalue weighted by molar-refractivity contribution is 7.91. The molecule has 6 heteroatoms. The van der Waals surface area contributed by atoms with E-state index in [2.05, 4.69) is 10.3 Å². The van der Waals surface area contributed by atoms with Crippen LogP contribution in [0.15, 0.2) is 12.3 Å². The Labute approximate surface area is 101 Å². The SMILES string of the molecule is Cc1cnc(NC2CCS(=O)(=O)CC2)cc1N. The standard InChI is InChI=1S/C11H17N3O2S/c1-8-7-13-11(6-10(8)12)14-9-2-4-17(15,16)5-3-9/h6-7,9H,2-5H2,1H3,(H3,12,13,14). The van der Waals surface area contributed by atoms with E-state index in [0.717, 1.165) is 11.4 Å². The van der Waals surface area contributed by atoms with Crippen LogP contribution in [-0.2, 0) is 9.84 Å². The van der Waals surface area contributed by atoms with Crippen molar-refractivity contribution in [2.45, 2.75) is 25.8 Å². The number of pyridine rings is 1. The molecule has 0 unspecified atom stereocenters. The molecule has 2 heterocycles. The highest BCUT2D eigenvalue weighted by Crippen LogP contribution is 2.19. The van der Waals surface area contributed by atoms with E-state index >= 15 is 0 Å². The summed E-state index contributed by atoms with van der Waals surface area (Å²) < 4.78 is 22.6. The van der Waals surface area contributed by atoms with Gasteiger partial charge in [0.25, 0.3) is 0 Å². The first-order valence-electron chi connectivity index (χ1n) is 5.65. The molecular weight excluding hydrogens is 238 g/mol. The van der Waals surface area contributed by atoms with Crippen LogP contribution in [0, 0.1) is 6.92 Å². The quantitative estimate of drug-likeness (QED) is 0.822. The van der Waals surface area contributed by atoms with Crippen LogP contribution in [0.4, 0.5) is 11.5 Å². The van der Waals surface area contributed by atoms with Gasteiger partial charge >= 0.3 is 0 Å². The lowest BCUT2D eigenvalue weighted by Gasteiger charge is -2.23. The lowest BCUT2D eigenvalue weighted by atomic mass is 10.1. The number of aromatic nitrogens is 1. The summed E-state index contributed by atoms with van der Waals surface area (Å²) in [5.41, 5.74) is 7.44. The zero-order valence-corrected chi connectivity index (χ0v) is 10.6. The number of rotatable bonds is 2. The maximum atomic E-state index is 11.3. The van der Waals surface area contributed by atoms with Crippen LogP contribution in [0.2, 0.25) is 0 Å². The number of hydrogen-bond donors (Lipinski definition) is 2. The average Bonchev–Trinajstić information content (AvgIpc) is 2.27. The van der Waals surface area contributed by atoms with E-state index in [1.807, 2.05) is 6.92 Å². The summed E-state index contributed by atoms with van der Waals surface area (Å²) in [7, 11) is -2.81. The molecule has 2 rings (SSSR count). The Morgan fingerprint density at radius 3 is 2.65 bits per heavy atom. The van der Waals surface area contributed by atoms with Gasteiger partial charge in [0.05, 0.1) is 11.5 Å². The molecule has 1 fully saturated rings. The number of anilines is 2. The summed E-state index contributed by atoms with van der Waals surface area (Å²) >= 11 is 0. The van der Waals surface area contributed by atoms with Crippen LogP contribution < -0.4 is 11.1 Å². The van der Waals surface area contributed by atoms with Crippen molar-refractivity contribution in [3.8, 4) is 0 Å². The summed E-state index contributed by atoms with van der Waals surface area (Å²) in [4.78, 5) is 4.23. The van der Waals surface area contributed by atoms with Crippen LogP contribution in [0.1, 0.15) is 18.4 Å². The van der Waals surface area contributed by atoms with Crippen molar-refractivity contribution in [1.29, 1.82) is 0 Å². The van der Waals surface area contributed by atoms with Crippen LogP contribution >= 0.6 is 0 Å². The third-order valence-corrected chi connectivity index (χ3v) is 4.77. The molecule has 0 aliphatic carbocycles. The molecule has 1 aromatic rings. The summed E-state index contributed by atoms with van der Waals surface area (Å²) in [6.45, 7) is 1.90. The Bertz CT molecular complexity index is 499. The van der Waals surface area contributed by atoms with Gasteiger partial charge in [0, 0.05) is 24.0 Å². The number of hydrogen-bond acceptors (Lipinski definition) is 5. The predicted molar refractivity (Wildman–Crippen MR) is 68.7 cm³/mol. The molecule has 17 heavy (non-hydrogen) atoms. The second kappa shape index (κ2) is 4.52. The van der Waals surface area contributed by atoms with Gasteiger partial charge in [-0.15, -0.1) is 0 Å². The summed E-state index contributed by atoms with van der Waals surface area (Å²) in [6.07, 6.45) is 2.99. The van der Waals surface area contributed by atoms with E-state index in [1.165, 1.54) is 0 Å². The fourth-order valence-corrected chi connectivity index (χ4v) is 3.35. The molecule has 1 aliphatic heterocycles. The molecule has 0 saturated carbocycles. The minimum Gasteiger partial charge on any atom is -0.398 e. The van der Waals surface area contributed by atoms with Crippen molar-refractivity contribution in [3.63, 3.8) is 0 Å². The first-order valence-corrected chi connectivity index (χ1v) is 7.47. The van der Waals surface area contributed by atoms with Gasteiger partial charge in [0.2, 0.25) is 0 Å². The molecule has 1 aliphatic rings. The van der Waals surface area contributed by atoms with Crippen LogP contribution in [0.25, 0.3) is 0 Å². The smallest absolute Gasteiger partial charge is 0.150 e. The number of nitrogens with zero attached hydrogens (tertiary/aromatic N) is 1. The van der Waals surface area contributed by atoms with Crippen LogP contribution in [-0.4, -0.2) is 30.9 Å². The van der Waals surface area contributed by atoms with E-state index in [1.54, 1.807) is 12.3 Å². The number of sulfone groups is 1. The van der Waals surface area contributed by atoms with Gasteiger partial charge in [-0.1, -0.05) is 0 Å². The third kappa shape index (κ3) is 3.09. The molecule has 3 N–H and O–H groups in total. The van der Waals surface area contributed by atoms with Gasteiger partial charge in [0.15, 0.2) is 0 Å². The first-order chi connectivity index (χ1) is 7.96. The molecule has 0 bridgehead atoms. The first kappa shape index (κ1) is 12.2. The number of aryl methyl sites for hydroxylation is 1. The van der Waals surface area contributed by atoms with Crippen molar-refractivity contribution < 1.29 is 8.42 Å². The Hall–Kier alpha value is -1.30. The molecule has 0 amide bonds. The Kier molecular flexibility index (Phi) is 3.24.